The maximum absolute atomic E-state index is 3.93. The molecule has 0 aromatic heterocycles. The van der Waals surface area contributed by atoms with E-state index in [0.717, 1.165) is 13.1 Å². The predicted molar refractivity (Wildman–Crippen MR) is 164 cm³/mol. The Morgan fingerprint density at radius 1 is 0.389 bits per heavy atom. The van der Waals surface area contributed by atoms with Crippen LogP contribution < -0.4 is 31.4 Å². The Labute approximate surface area is 231 Å². The van der Waals surface area contributed by atoms with Crippen molar-refractivity contribution >= 4 is 62.7 Å². The normalized spacial score (nSPS) is 11.9. The summed E-state index contributed by atoms with van der Waals surface area (Å²) < 4.78 is 0. The molecule has 0 radical (unpaired) electrons. The number of hydrogen-bond donors (Lipinski definition) is 2. The number of nitrogens with one attached hydrogen (secondary N) is 2. The van der Waals surface area contributed by atoms with E-state index in [1.165, 1.54) is 46.9 Å². The van der Waals surface area contributed by atoms with E-state index in [0.29, 0.717) is 0 Å². The fourth-order valence-corrected chi connectivity index (χ4v) is 13.1. The molecule has 6 heteroatoms. The number of rotatable bonds is 13. The molecule has 2 N–H and O–H groups in total. The summed E-state index contributed by atoms with van der Waals surface area (Å²) in [5.41, 5.74) is -3.43. The molecule has 4 rings (SSSR count). The van der Waals surface area contributed by atoms with Crippen molar-refractivity contribution in [3.05, 3.63) is 121 Å². The van der Waals surface area contributed by atoms with Crippen LogP contribution >= 0.6 is 11.3 Å². The molecule has 0 unspecified atom stereocenters. The van der Waals surface area contributed by atoms with Crippen LogP contribution in [0.5, 0.6) is 0 Å². The summed E-state index contributed by atoms with van der Waals surface area (Å²) in [6.07, 6.45) is 4.82. The van der Waals surface area contributed by atoms with Gasteiger partial charge in [0.15, 0.2) is 0 Å². The Morgan fingerprint density at radius 3 is 0.889 bits per heavy atom. The second-order valence-electron chi connectivity index (χ2n) is 8.79. The van der Waals surface area contributed by atoms with E-state index in [-0.39, 0.29) is 0 Å². The molecule has 0 heterocycles. The predicted octanol–water partition coefficient (Wildman–Crippen LogP) is 5.06. The van der Waals surface area contributed by atoms with Crippen molar-refractivity contribution in [2.75, 3.05) is 13.1 Å². The molecule has 36 heavy (non-hydrogen) atoms. The molecular formula is C30H34N2P2Se2. The monoisotopic (exact) mass is 644 g/mol. The van der Waals surface area contributed by atoms with Crippen LogP contribution in [0.1, 0.15) is 25.7 Å². The Morgan fingerprint density at radius 2 is 0.639 bits per heavy atom. The van der Waals surface area contributed by atoms with E-state index in [9.17, 15) is 0 Å². The minimum atomic E-state index is -1.71. The van der Waals surface area contributed by atoms with Crippen LogP contribution in [0.15, 0.2) is 121 Å². The molecule has 0 aliphatic rings. The summed E-state index contributed by atoms with van der Waals surface area (Å²) in [6, 6.07) is 43.4. The summed E-state index contributed by atoms with van der Waals surface area (Å²) in [7, 11) is 0. The van der Waals surface area contributed by atoms with Gasteiger partial charge >= 0.3 is 233 Å². The molecule has 0 aliphatic carbocycles. The van der Waals surface area contributed by atoms with Gasteiger partial charge in [-0.05, 0) is 0 Å². The van der Waals surface area contributed by atoms with Crippen LogP contribution in [-0.4, -0.2) is 43.3 Å². The number of benzene rings is 4. The van der Waals surface area contributed by atoms with Gasteiger partial charge in [-0.1, -0.05) is 0 Å². The maximum atomic E-state index is 3.93. The van der Waals surface area contributed by atoms with Gasteiger partial charge in [0.05, 0.1) is 0 Å². The first-order valence-electron chi connectivity index (χ1n) is 12.6. The molecule has 2 nitrogen and oxygen atoms in total. The topological polar surface area (TPSA) is 24.1 Å². The Hall–Kier alpha value is -1.30. The van der Waals surface area contributed by atoms with Crippen molar-refractivity contribution in [3.63, 3.8) is 0 Å². The zero-order valence-corrected chi connectivity index (χ0v) is 25.7. The van der Waals surface area contributed by atoms with Crippen molar-refractivity contribution < 1.29 is 0 Å². The molecule has 186 valence electrons. The average Bonchev–Trinajstić information content (AvgIpc) is 2.96. The number of unbranched alkanes of at least 4 members (excludes halogenated alkanes) is 3. The number of hydrogen-bond acceptors (Lipinski definition) is 2. The van der Waals surface area contributed by atoms with Crippen LogP contribution in [-0.2, 0) is 0 Å². The zero-order chi connectivity index (χ0) is 25.1. The SMILES string of the molecule is [Se]=P(NCCCCCCNP(=[Se])(c1ccccc1)c1ccccc1)(c1ccccc1)c1ccccc1. The fraction of sp³-hybridized carbons (Fsp3) is 0.200. The van der Waals surface area contributed by atoms with Gasteiger partial charge in [0.1, 0.15) is 0 Å². The van der Waals surface area contributed by atoms with Gasteiger partial charge in [-0.3, -0.25) is 0 Å². The first-order chi connectivity index (χ1) is 17.6. The summed E-state index contributed by atoms with van der Waals surface area (Å²) in [5, 5.41) is 13.3. The first kappa shape index (κ1) is 27.7. The van der Waals surface area contributed by atoms with Crippen LogP contribution in [0.4, 0.5) is 0 Å². The third-order valence-electron chi connectivity index (χ3n) is 6.25. The molecule has 0 spiro atoms. The molecule has 0 aliphatic heterocycles. The quantitative estimate of drug-likeness (QED) is 0.121. The van der Waals surface area contributed by atoms with Gasteiger partial charge in [-0.25, -0.2) is 0 Å². The van der Waals surface area contributed by atoms with Gasteiger partial charge in [-0.15, -0.1) is 0 Å². The molecular weight excluding hydrogens is 608 g/mol. The fourth-order valence-electron chi connectivity index (χ4n) is 4.29. The standard InChI is InChI=1S/C30H34N2P2Se2/c35-33(27-17-7-3-8-18-27,28-19-9-4-10-20-28)31-25-15-1-2-16-26-32-34(36,29-21-11-5-12-22-29)30-23-13-6-14-24-30/h3-14,17-24H,1-2,15-16,25-26H2,(H,31,35)(H,32,36). The zero-order valence-electron chi connectivity index (χ0n) is 20.5. The van der Waals surface area contributed by atoms with E-state index in [1.54, 1.807) is 0 Å². The average molecular weight is 642 g/mol. The van der Waals surface area contributed by atoms with E-state index in [2.05, 4.69) is 162 Å². The second kappa shape index (κ2) is 14.0. The van der Waals surface area contributed by atoms with E-state index < -0.39 is 11.3 Å². The van der Waals surface area contributed by atoms with Crippen molar-refractivity contribution in [1.82, 2.24) is 10.2 Å². The third-order valence-corrected chi connectivity index (χ3v) is 18.6. The van der Waals surface area contributed by atoms with Crippen molar-refractivity contribution in [2.45, 2.75) is 25.7 Å². The molecule has 4 aromatic carbocycles. The van der Waals surface area contributed by atoms with Crippen molar-refractivity contribution in [1.29, 1.82) is 0 Å². The van der Waals surface area contributed by atoms with E-state index >= 15 is 0 Å². The van der Waals surface area contributed by atoms with Gasteiger partial charge in [0.2, 0.25) is 0 Å². The molecule has 0 saturated carbocycles. The summed E-state index contributed by atoms with van der Waals surface area (Å²) in [4.78, 5) is 0. The van der Waals surface area contributed by atoms with E-state index in [1.807, 2.05) is 0 Å². The Kier molecular flexibility index (Phi) is 10.8. The first-order valence-corrected chi connectivity index (χ1v) is 20.6. The van der Waals surface area contributed by atoms with Crippen molar-refractivity contribution in [2.24, 2.45) is 0 Å². The van der Waals surface area contributed by atoms with Gasteiger partial charge in [-0.2, -0.15) is 0 Å². The second-order valence-corrected chi connectivity index (χ2v) is 20.8. The van der Waals surface area contributed by atoms with Gasteiger partial charge < -0.3 is 0 Å². The minimum absolute atomic E-state index is 1.02. The molecule has 0 amide bonds. The van der Waals surface area contributed by atoms with Crippen LogP contribution in [0.3, 0.4) is 0 Å². The molecule has 0 bridgehead atoms. The van der Waals surface area contributed by atoms with Gasteiger partial charge in [0, 0.05) is 0 Å². The molecule has 0 fully saturated rings. The van der Waals surface area contributed by atoms with Crippen LogP contribution in [0.2, 0.25) is 0 Å². The van der Waals surface area contributed by atoms with Gasteiger partial charge in [0.25, 0.3) is 0 Å². The molecule has 4 aromatic rings. The third kappa shape index (κ3) is 7.17. The Bertz CT molecular complexity index is 1090. The van der Waals surface area contributed by atoms with Crippen LogP contribution in [0, 0.1) is 0 Å². The van der Waals surface area contributed by atoms with E-state index in [4.69, 9.17) is 0 Å². The van der Waals surface area contributed by atoms with Crippen LogP contribution in [0.25, 0.3) is 0 Å². The van der Waals surface area contributed by atoms with Crippen molar-refractivity contribution in [3.8, 4) is 0 Å². The summed E-state index contributed by atoms with van der Waals surface area (Å²) in [5.74, 6) is 0. The molecule has 0 saturated heterocycles. The summed E-state index contributed by atoms with van der Waals surface area (Å²) >= 11 is 7.14. The Balaban J connectivity index is 1.28. The summed E-state index contributed by atoms with van der Waals surface area (Å²) in [6.45, 7) is 2.04. The molecule has 0 atom stereocenters.